The zero-order chi connectivity index (χ0) is 6.95. The number of rotatable bonds is 5. The molecule has 0 spiro atoms. The van der Waals surface area contributed by atoms with E-state index in [1.807, 2.05) is 0 Å². The van der Waals surface area contributed by atoms with Gasteiger partial charge in [0.1, 0.15) is 0 Å². The number of hydrogen-bond donors (Lipinski definition) is 0. The fourth-order valence-electron chi connectivity index (χ4n) is 0.617. The SMILES string of the molecule is CCCCC[CH2][Fe][C]#N. The Morgan fingerprint density at radius 1 is 1.33 bits per heavy atom. The van der Waals surface area contributed by atoms with E-state index in [0.29, 0.717) is 0 Å². The Bertz CT molecular complexity index is 85.4. The van der Waals surface area contributed by atoms with Gasteiger partial charge >= 0.3 is 63.1 Å². The van der Waals surface area contributed by atoms with E-state index in [1.54, 1.807) is 0 Å². The number of unbranched alkanes of at least 4 members (excludes halogenated alkanes) is 3. The Labute approximate surface area is 63.6 Å². The van der Waals surface area contributed by atoms with E-state index in [1.165, 1.54) is 25.7 Å². The predicted molar refractivity (Wildman–Crippen MR) is 34.6 cm³/mol. The molecule has 0 aliphatic rings. The molecule has 0 N–H and O–H groups in total. The third kappa shape index (κ3) is 8.01. The van der Waals surface area contributed by atoms with Crippen LogP contribution in [0.5, 0.6) is 0 Å². The summed E-state index contributed by atoms with van der Waals surface area (Å²) >= 11 is 0.740. The summed E-state index contributed by atoms with van der Waals surface area (Å²) in [6, 6.07) is 0. The van der Waals surface area contributed by atoms with E-state index in [9.17, 15) is 0 Å². The fourth-order valence-corrected chi connectivity index (χ4v) is 1.21. The molecule has 0 unspecified atom stereocenters. The summed E-state index contributed by atoms with van der Waals surface area (Å²) in [5.41, 5.74) is 0. The monoisotopic (exact) mass is 167 g/mol. The van der Waals surface area contributed by atoms with Gasteiger partial charge in [-0.25, -0.2) is 0 Å². The maximum atomic E-state index is 8.17. The van der Waals surface area contributed by atoms with Gasteiger partial charge in [0.2, 0.25) is 0 Å². The van der Waals surface area contributed by atoms with Gasteiger partial charge in [0.25, 0.3) is 0 Å². The molecular weight excluding hydrogens is 154 g/mol. The quantitative estimate of drug-likeness (QED) is 0.455. The summed E-state index contributed by atoms with van der Waals surface area (Å²) < 4.78 is 0. The summed E-state index contributed by atoms with van der Waals surface area (Å²) in [5.74, 6) is 0. The molecule has 0 bridgehead atoms. The Morgan fingerprint density at radius 3 is 2.67 bits per heavy atom. The first-order chi connectivity index (χ1) is 4.41. The maximum absolute atomic E-state index is 8.17. The van der Waals surface area contributed by atoms with Crippen LogP contribution >= 0.6 is 0 Å². The fraction of sp³-hybridized carbons (Fsp3) is 0.857. The number of nitriles is 1. The molecule has 0 aliphatic heterocycles. The summed E-state index contributed by atoms with van der Waals surface area (Å²) in [5, 5.41) is 9.27. The van der Waals surface area contributed by atoms with Gasteiger partial charge in [-0.1, -0.05) is 0 Å². The molecule has 0 fully saturated rings. The van der Waals surface area contributed by atoms with Gasteiger partial charge in [-0.05, 0) is 0 Å². The zero-order valence-corrected chi connectivity index (χ0v) is 6.94. The van der Waals surface area contributed by atoms with Crippen LogP contribution in [0.15, 0.2) is 0 Å². The van der Waals surface area contributed by atoms with Crippen molar-refractivity contribution >= 4 is 0 Å². The second kappa shape index (κ2) is 8.01. The van der Waals surface area contributed by atoms with E-state index in [0.717, 1.165) is 20.3 Å². The van der Waals surface area contributed by atoms with Crippen LogP contribution in [0.25, 0.3) is 0 Å². The first-order valence-electron chi connectivity index (χ1n) is 3.36. The van der Waals surface area contributed by atoms with Crippen molar-refractivity contribution in [2.45, 2.75) is 37.9 Å². The van der Waals surface area contributed by atoms with E-state index >= 15 is 0 Å². The molecule has 54 valence electrons. The van der Waals surface area contributed by atoms with Crippen LogP contribution in [0.3, 0.4) is 0 Å². The van der Waals surface area contributed by atoms with E-state index < -0.39 is 0 Å². The van der Waals surface area contributed by atoms with Crippen molar-refractivity contribution in [1.82, 2.24) is 0 Å². The van der Waals surface area contributed by atoms with Crippen LogP contribution in [-0.4, -0.2) is 0 Å². The van der Waals surface area contributed by atoms with Crippen molar-refractivity contribution in [3.05, 3.63) is 0 Å². The van der Waals surface area contributed by atoms with Gasteiger partial charge in [-0.2, -0.15) is 0 Å². The Balaban J connectivity index is 2.69. The van der Waals surface area contributed by atoms with Crippen LogP contribution in [0.1, 0.15) is 32.6 Å². The Morgan fingerprint density at radius 2 is 2.11 bits per heavy atom. The average molecular weight is 167 g/mol. The molecule has 0 saturated heterocycles. The molecule has 1 nitrogen and oxygen atoms in total. The molecule has 0 aromatic heterocycles. The standard InChI is InChI=1S/C6H13.CN.Fe/c1-3-5-6-4-2;1-2;/h1,3-6H2,2H3;;. The number of nitrogens with zero attached hydrogens (tertiary/aromatic N) is 1. The Hall–Kier alpha value is 0.00948. The second-order valence-electron chi connectivity index (χ2n) is 1.94. The van der Waals surface area contributed by atoms with Crippen molar-refractivity contribution in [3.63, 3.8) is 0 Å². The molecule has 2 heteroatoms. The van der Waals surface area contributed by atoms with Crippen LogP contribution in [0.4, 0.5) is 0 Å². The van der Waals surface area contributed by atoms with Crippen molar-refractivity contribution in [1.29, 1.82) is 5.26 Å². The van der Waals surface area contributed by atoms with E-state index in [2.05, 4.69) is 11.9 Å². The van der Waals surface area contributed by atoms with Crippen LogP contribution in [0.2, 0.25) is 5.32 Å². The van der Waals surface area contributed by atoms with Gasteiger partial charge in [-0.15, -0.1) is 0 Å². The van der Waals surface area contributed by atoms with Crippen molar-refractivity contribution in [2.75, 3.05) is 0 Å². The van der Waals surface area contributed by atoms with Gasteiger partial charge in [-0.3, -0.25) is 0 Å². The molecule has 0 amide bonds. The molecular formula is C7H13FeN. The minimum atomic E-state index is 0.740. The second-order valence-corrected chi connectivity index (χ2v) is 3.13. The van der Waals surface area contributed by atoms with Crippen LogP contribution in [-0.2, 0) is 15.0 Å². The molecule has 0 rings (SSSR count). The van der Waals surface area contributed by atoms with Gasteiger partial charge < -0.3 is 0 Å². The van der Waals surface area contributed by atoms with Gasteiger partial charge in [0.05, 0.1) is 0 Å². The van der Waals surface area contributed by atoms with Crippen molar-refractivity contribution < 1.29 is 15.0 Å². The Kier molecular flexibility index (Phi) is 8.02. The van der Waals surface area contributed by atoms with E-state index in [4.69, 9.17) is 5.26 Å². The van der Waals surface area contributed by atoms with Crippen molar-refractivity contribution in [2.24, 2.45) is 0 Å². The molecule has 0 heterocycles. The topological polar surface area (TPSA) is 23.8 Å². The third-order valence-corrected chi connectivity index (χ3v) is 1.96. The molecule has 0 aliphatic carbocycles. The zero-order valence-electron chi connectivity index (χ0n) is 5.84. The first-order valence-corrected chi connectivity index (χ1v) is 4.69. The summed E-state index contributed by atoms with van der Waals surface area (Å²) in [6.45, 7) is 2.20. The van der Waals surface area contributed by atoms with Crippen LogP contribution < -0.4 is 0 Å². The van der Waals surface area contributed by atoms with Gasteiger partial charge in [0, 0.05) is 0 Å². The van der Waals surface area contributed by atoms with Gasteiger partial charge in [0.15, 0.2) is 0 Å². The van der Waals surface area contributed by atoms with E-state index in [-0.39, 0.29) is 0 Å². The normalized spacial score (nSPS) is 9.33. The minimum absolute atomic E-state index is 0.740. The molecule has 0 aromatic carbocycles. The molecule has 9 heavy (non-hydrogen) atoms. The summed E-state index contributed by atoms with van der Waals surface area (Å²) in [6.07, 6.45) is 5.15. The molecule has 0 radical (unpaired) electrons. The molecule has 0 atom stereocenters. The molecule has 0 aromatic rings. The first kappa shape index (κ1) is 9.01. The summed E-state index contributed by atoms with van der Waals surface area (Å²) in [7, 11) is 0. The van der Waals surface area contributed by atoms with Crippen LogP contribution in [0, 0.1) is 10.2 Å². The number of hydrogen-bond acceptors (Lipinski definition) is 1. The summed E-state index contributed by atoms with van der Waals surface area (Å²) in [4.78, 5) is 2.14. The third-order valence-electron chi connectivity index (χ3n) is 1.12. The molecule has 0 saturated carbocycles. The predicted octanol–water partition coefficient (Wildman–Crippen LogP) is 2.55. The average Bonchev–Trinajstić information content (AvgIpc) is 1.89. The van der Waals surface area contributed by atoms with Crippen molar-refractivity contribution in [3.8, 4) is 4.97 Å².